The second-order valence-corrected chi connectivity index (χ2v) is 11.0. The molecule has 1 aromatic carbocycles. The first-order chi connectivity index (χ1) is 18.7. The van der Waals surface area contributed by atoms with Crippen molar-refractivity contribution < 1.29 is 22.7 Å². The molecule has 1 fully saturated rings. The van der Waals surface area contributed by atoms with Crippen molar-refractivity contribution in [2.24, 2.45) is 7.05 Å². The molecule has 3 heterocycles. The van der Waals surface area contributed by atoms with E-state index in [9.17, 15) is 18.0 Å². The summed E-state index contributed by atoms with van der Waals surface area (Å²) < 4.78 is 46.0. The zero-order valence-electron chi connectivity index (χ0n) is 23.7. The summed E-state index contributed by atoms with van der Waals surface area (Å²) in [5.41, 5.74) is 1.87. The van der Waals surface area contributed by atoms with Crippen LogP contribution in [0.3, 0.4) is 0 Å². The van der Waals surface area contributed by atoms with E-state index in [2.05, 4.69) is 36.1 Å². The number of nitrogens with zero attached hydrogens (tertiary/aromatic N) is 6. The third kappa shape index (κ3) is 6.97. The number of carbonyl (C=O) groups is 1. The van der Waals surface area contributed by atoms with Crippen LogP contribution in [-0.4, -0.2) is 78.6 Å². The van der Waals surface area contributed by atoms with E-state index in [-0.39, 0.29) is 11.0 Å². The highest BCUT2D eigenvalue weighted by Crippen LogP contribution is 2.28. The number of benzene rings is 1. The summed E-state index contributed by atoms with van der Waals surface area (Å²) in [6.07, 6.45) is -4.50. The van der Waals surface area contributed by atoms with Gasteiger partial charge in [-0.2, -0.15) is 18.3 Å². The summed E-state index contributed by atoms with van der Waals surface area (Å²) >= 11 is 0. The molecule has 0 spiro atoms. The summed E-state index contributed by atoms with van der Waals surface area (Å²) in [4.78, 5) is 22.8. The van der Waals surface area contributed by atoms with Gasteiger partial charge >= 0.3 is 6.18 Å². The molecular weight excluding hydrogens is 523 g/mol. The number of aryl methyl sites for hydroxylation is 1. The Morgan fingerprint density at radius 3 is 2.20 bits per heavy atom. The molecule has 0 bridgehead atoms. The fourth-order valence-corrected chi connectivity index (χ4v) is 4.50. The summed E-state index contributed by atoms with van der Waals surface area (Å²) in [5, 5.41) is 7.79. The van der Waals surface area contributed by atoms with Gasteiger partial charge in [-0.1, -0.05) is 20.8 Å². The van der Waals surface area contributed by atoms with Crippen LogP contribution in [0.4, 0.5) is 36.3 Å². The minimum Gasteiger partial charge on any atom is -0.497 e. The third-order valence-corrected chi connectivity index (χ3v) is 6.77. The van der Waals surface area contributed by atoms with Crippen LogP contribution in [0.1, 0.15) is 36.8 Å². The molecule has 4 rings (SSSR count). The molecule has 1 amide bonds. The number of pyridine rings is 1. The van der Waals surface area contributed by atoms with E-state index in [1.807, 2.05) is 35.2 Å². The Kier molecular flexibility index (Phi) is 8.18. The maximum atomic E-state index is 13.1. The number of amides is 1. The van der Waals surface area contributed by atoms with Crippen LogP contribution < -0.4 is 19.9 Å². The lowest BCUT2D eigenvalue weighted by Crippen LogP contribution is -2.47. The number of ether oxygens (including phenoxy) is 1. The van der Waals surface area contributed by atoms with Crippen molar-refractivity contribution in [2.45, 2.75) is 32.4 Å². The van der Waals surface area contributed by atoms with Crippen molar-refractivity contribution in [3.63, 3.8) is 0 Å². The van der Waals surface area contributed by atoms with Crippen LogP contribution in [-0.2, 0) is 12.5 Å². The highest BCUT2D eigenvalue weighted by Gasteiger charge is 2.32. The molecule has 0 atom stereocenters. The first-order valence-corrected chi connectivity index (χ1v) is 13.0. The molecule has 1 N–H and O–H groups in total. The minimum atomic E-state index is -4.50. The lowest BCUT2D eigenvalue weighted by Gasteiger charge is -2.37. The largest absolute Gasteiger partial charge is 0.497 e. The van der Waals surface area contributed by atoms with Gasteiger partial charge in [-0.3, -0.25) is 9.48 Å². The van der Waals surface area contributed by atoms with Gasteiger partial charge in [-0.25, -0.2) is 4.98 Å². The molecule has 0 saturated carbocycles. The molecule has 1 aliphatic rings. The average Bonchev–Trinajstić information content (AvgIpc) is 3.27. The van der Waals surface area contributed by atoms with E-state index in [4.69, 9.17) is 9.72 Å². The van der Waals surface area contributed by atoms with E-state index in [1.165, 1.54) is 6.07 Å². The Bertz CT molecular complexity index is 1330. The quantitative estimate of drug-likeness (QED) is 0.445. The SMILES string of the molecule is COc1ccc(N2CCN(c3cc(C(=O)N(C)CC(F)(F)F)cc(Nc4cc(C(C)(C)C)nn4C)n3)CC2)cc1. The summed E-state index contributed by atoms with van der Waals surface area (Å²) in [5.74, 6) is 1.57. The van der Waals surface area contributed by atoms with E-state index < -0.39 is 18.6 Å². The van der Waals surface area contributed by atoms with Crippen LogP contribution in [0.5, 0.6) is 5.75 Å². The number of methoxy groups -OCH3 is 1. The molecule has 2 aromatic heterocycles. The number of rotatable bonds is 7. The normalized spacial score (nSPS) is 14.3. The maximum absolute atomic E-state index is 13.1. The van der Waals surface area contributed by atoms with Crippen LogP contribution in [0, 0.1) is 0 Å². The highest BCUT2D eigenvalue weighted by atomic mass is 19.4. The van der Waals surface area contributed by atoms with Gasteiger partial charge in [0.25, 0.3) is 5.91 Å². The molecule has 1 aliphatic heterocycles. The Hall–Kier alpha value is -3.96. The molecule has 0 aliphatic carbocycles. The Balaban J connectivity index is 1.60. The average molecular weight is 560 g/mol. The van der Waals surface area contributed by atoms with Gasteiger partial charge in [-0.15, -0.1) is 0 Å². The van der Waals surface area contributed by atoms with E-state index in [0.717, 1.165) is 24.2 Å². The maximum Gasteiger partial charge on any atom is 0.406 e. The molecule has 3 aromatic rings. The lowest BCUT2D eigenvalue weighted by atomic mass is 9.92. The van der Waals surface area contributed by atoms with Gasteiger partial charge in [0.15, 0.2) is 0 Å². The first kappa shape index (κ1) is 29.0. The van der Waals surface area contributed by atoms with Gasteiger partial charge in [-0.05, 0) is 36.4 Å². The molecule has 40 heavy (non-hydrogen) atoms. The standard InChI is InChI=1S/C28H36F3N7O2/c1-27(2,3)22-17-24(36(5)34-22)32-23-15-19(26(39)35(4)18-28(29,30)31)16-25(33-23)38-13-11-37(12-14-38)20-7-9-21(40-6)10-8-20/h7-10,15-17H,11-14,18H2,1-6H3,(H,32,33). The zero-order chi connectivity index (χ0) is 29.2. The number of anilines is 4. The van der Waals surface area contributed by atoms with Gasteiger partial charge in [0.1, 0.15) is 29.7 Å². The molecule has 12 heteroatoms. The Labute approximate surface area is 232 Å². The lowest BCUT2D eigenvalue weighted by molar-refractivity contribution is -0.138. The van der Waals surface area contributed by atoms with Gasteiger partial charge < -0.3 is 24.8 Å². The third-order valence-electron chi connectivity index (χ3n) is 6.77. The number of nitrogens with one attached hydrogen (secondary N) is 1. The minimum absolute atomic E-state index is 0.120. The topological polar surface area (TPSA) is 78.8 Å². The van der Waals surface area contributed by atoms with E-state index in [1.54, 1.807) is 24.9 Å². The Morgan fingerprint density at radius 2 is 1.65 bits per heavy atom. The van der Waals surface area contributed by atoms with Crippen molar-refractivity contribution in [3.8, 4) is 5.75 Å². The number of hydrogen-bond acceptors (Lipinski definition) is 7. The molecule has 0 radical (unpaired) electrons. The summed E-state index contributed by atoms with van der Waals surface area (Å²) in [7, 11) is 4.57. The summed E-state index contributed by atoms with van der Waals surface area (Å²) in [6, 6.07) is 12.8. The van der Waals surface area contributed by atoms with Crippen LogP contribution in [0.15, 0.2) is 42.5 Å². The van der Waals surface area contributed by atoms with Crippen LogP contribution >= 0.6 is 0 Å². The second-order valence-electron chi connectivity index (χ2n) is 11.0. The fourth-order valence-electron chi connectivity index (χ4n) is 4.50. The second kappa shape index (κ2) is 11.3. The highest BCUT2D eigenvalue weighted by molar-refractivity contribution is 5.95. The van der Waals surface area contributed by atoms with Crippen molar-refractivity contribution in [1.29, 1.82) is 0 Å². The smallest absolute Gasteiger partial charge is 0.406 e. The van der Waals surface area contributed by atoms with Gasteiger partial charge in [0.2, 0.25) is 0 Å². The molecule has 9 nitrogen and oxygen atoms in total. The zero-order valence-corrected chi connectivity index (χ0v) is 23.7. The van der Waals surface area contributed by atoms with Gasteiger partial charge in [0.05, 0.1) is 12.8 Å². The molecule has 216 valence electrons. The van der Waals surface area contributed by atoms with Crippen LogP contribution in [0.25, 0.3) is 0 Å². The van der Waals surface area contributed by atoms with E-state index >= 15 is 0 Å². The van der Waals surface area contributed by atoms with Gasteiger partial charge in [0, 0.05) is 63.0 Å². The Morgan fingerprint density at radius 1 is 1.02 bits per heavy atom. The number of piperazine rings is 1. The van der Waals surface area contributed by atoms with Crippen molar-refractivity contribution in [1.82, 2.24) is 19.7 Å². The van der Waals surface area contributed by atoms with Crippen LogP contribution in [0.2, 0.25) is 0 Å². The van der Waals surface area contributed by atoms with Crippen molar-refractivity contribution >= 4 is 29.0 Å². The fraction of sp³-hybridized carbons (Fsp3) is 0.464. The molecule has 1 saturated heterocycles. The van der Waals surface area contributed by atoms with E-state index in [0.29, 0.717) is 48.5 Å². The molecular formula is C28H36F3N7O2. The molecule has 0 unspecified atom stereocenters. The first-order valence-electron chi connectivity index (χ1n) is 13.0. The number of carbonyl (C=O) groups excluding carboxylic acids is 1. The number of hydrogen-bond donors (Lipinski definition) is 1. The van der Waals surface area contributed by atoms with Crippen molar-refractivity contribution in [3.05, 3.63) is 53.7 Å². The number of aromatic nitrogens is 3. The predicted octanol–water partition coefficient (Wildman–Crippen LogP) is 4.83. The van der Waals surface area contributed by atoms with Crippen molar-refractivity contribution in [2.75, 3.05) is 62.0 Å². The monoisotopic (exact) mass is 559 g/mol. The number of halogens is 3. The predicted molar refractivity (Wildman–Crippen MR) is 150 cm³/mol. The summed E-state index contributed by atoms with van der Waals surface area (Å²) in [6.45, 7) is 7.47. The number of alkyl halides is 3.